The predicted octanol–water partition coefficient (Wildman–Crippen LogP) is -0.676. The fourth-order valence-electron chi connectivity index (χ4n) is 1.83. The standard InChI is InChI=1S/C7H14N2O/c8-7-1-2-10-4-6(7)3-9-5-7/h6,9H,1-5,8H2/t6-,7+/m0/s1. The third kappa shape index (κ3) is 0.856. The second-order valence-corrected chi connectivity index (χ2v) is 3.39. The van der Waals surface area contributed by atoms with E-state index in [0.29, 0.717) is 5.92 Å². The first-order chi connectivity index (χ1) is 4.81. The van der Waals surface area contributed by atoms with Crippen LogP contribution in [0, 0.1) is 5.92 Å². The SMILES string of the molecule is N[C@@]12CCOC[C@@H]1CNC2. The van der Waals surface area contributed by atoms with Gasteiger partial charge in [-0.1, -0.05) is 0 Å². The molecule has 0 aliphatic carbocycles. The quantitative estimate of drug-likeness (QED) is 0.471. The van der Waals surface area contributed by atoms with Crippen LogP contribution >= 0.6 is 0 Å². The molecule has 0 amide bonds. The second kappa shape index (κ2) is 2.19. The van der Waals surface area contributed by atoms with Crippen molar-refractivity contribution in [2.45, 2.75) is 12.0 Å². The molecule has 0 aromatic carbocycles. The molecule has 0 aromatic rings. The minimum Gasteiger partial charge on any atom is -0.381 e. The molecule has 2 rings (SSSR count). The van der Waals surface area contributed by atoms with E-state index in [-0.39, 0.29) is 5.54 Å². The molecule has 2 aliphatic rings. The van der Waals surface area contributed by atoms with Gasteiger partial charge in [0.1, 0.15) is 0 Å². The van der Waals surface area contributed by atoms with Crippen molar-refractivity contribution < 1.29 is 4.74 Å². The van der Waals surface area contributed by atoms with Gasteiger partial charge in [-0.15, -0.1) is 0 Å². The van der Waals surface area contributed by atoms with E-state index in [1.165, 1.54) is 0 Å². The Morgan fingerprint density at radius 2 is 2.50 bits per heavy atom. The van der Waals surface area contributed by atoms with Crippen LogP contribution in [0.1, 0.15) is 6.42 Å². The van der Waals surface area contributed by atoms with Gasteiger partial charge in [0, 0.05) is 31.2 Å². The molecule has 2 aliphatic heterocycles. The number of rotatable bonds is 0. The molecule has 0 aromatic heterocycles. The lowest BCUT2D eigenvalue weighted by molar-refractivity contribution is 0.0241. The molecule has 58 valence electrons. The summed E-state index contributed by atoms with van der Waals surface area (Å²) in [7, 11) is 0. The molecular formula is C7H14N2O. The Kier molecular flexibility index (Phi) is 1.44. The van der Waals surface area contributed by atoms with Crippen LogP contribution in [-0.4, -0.2) is 31.8 Å². The first-order valence-electron chi connectivity index (χ1n) is 3.89. The van der Waals surface area contributed by atoms with E-state index in [0.717, 1.165) is 32.7 Å². The van der Waals surface area contributed by atoms with Crippen molar-refractivity contribution in [3.63, 3.8) is 0 Å². The number of hydrogen-bond donors (Lipinski definition) is 2. The van der Waals surface area contributed by atoms with Gasteiger partial charge >= 0.3 is 0 Å². The summed E-state index contributed by atoms with van der Waals surface area (Å²) in [6, 6.07) is 0. The Morgan fingerprint density at radius 1 is 1.60 bits per heavy atom. The molecule has 3 nitrogen and oxygen atoms in total. The van der Waals surface area contributed by atoms with Crippen molar-refractivity contribution in [3.05, 3.63) is 0 Å². The van der Waals surface area contributed by atoms with Crippen LogP contribution in [0.2, 0.25) is 0 Å². The fraction of sp³-hybridized carbons (Fsp3) is 1.00. The summed E-state index contributed by atoms with van der Waals surface area (Å²) >= 11 is 0. The lowest BCUT2D eigenvalue weighted by Gasteiger charge is -2.34. The smallest absolute Gasteiger partial charge is 0.0524 e. The van der Waals surface area contributed by atoms with Gasteiger partial charge in [0.2, 0.25) is 0 Å². The number of ether oxygens (including phenoxy) is 1. The van der Waals surface area contributed by atoms with Crippen LogP contribution in [-0.2, 0) is 4.74 Å². The second-order valence-electron chi connectivity index (χ2n) is 3.39. The first-order valence-corrected chi connectivity index (χ1v) is 3.89. The molecule has 0 bridgehead atoms. The molecule has 2 fully saturated rings. The maximum atomic E-state index is 6.12. The molecule has 0 spiro atoms. The summed E-state index contributed by atoms with van der Waals surface area (Å²) in [4.78, 5) is 0. The van der Waals surface area contributed by atoms with Gasteiger partial charge in [-0.25, -0.2) is 0 Å². The molecule has 0 saturated carbocycles. The Bertz CT molecular complexity index is 140. The summed E-state index contributed by atoms with van der Waals surface area (Å²) in [5.41, 5.74) is 6.18. The van der Waals surface area contributed by atoms with Crippen LogP contribution in [0.15, 0.2) is 0 Å². The number of nitrogens with one attached hydrogen (secondary N) is 1. The normalized spacial score (nSPS) is 47.1. The highest BCUT2D eigenvalue weighted by atomic mass is 16.5. The largest absolute Gasteiger partial charge is 0.381 e. The van der Waals surface area contributed by atoms with Crippen molar-refractivity contribution >= 4 is 0 Å². The Balaban J connectivity index is 2.10. The Labute approximate surface area is 60.9 Å². The Hall–Kier alpha value is -0.120. The van der Waals surface area contributed by atoms with E-state index in [1.807, 2.05) is 0 Å². The molecule has 0 radical (unpaired) electrons. The summed E-state index contributed by atoms with van der Waals surface area (Å²) in [5.74, 6) is 0.557. The first kappa shape index (κ1) is 6.58. The van der Waals surface area contributed by atoms with E-state index in [4.69, 9.17) is 10.5 Å². The van der Waals surface area contributed by atoms with Crippen molar-refractivity contribution in [1.82, 2.24) is 5.32 Å². The van der Waals surface area contributed by atoms with Crippen molar-refractivity contribution in [2.24, 2.45) is 11.7 Å². The van der Waals surface area contributed by atoms with Gasteiger partial charge in [0.15, 0.2) is 0 Å². The zero-order chi connectivity index (χ0) is 7.03. The third-order valence-electron chi connectivity index (χ3n) is 2.69. The number of hydrogen-bond acceptors (Lipinski definition) is 3. The lowest BCUT2D eigenvalue weighted by atomic mass is 9.84. The maximum Gasteiger partial charge on any atom is 0.0524 e. The minimum atomic E-state index is 0.0538. The molecule has 2 heterocycles. The van der Waals surface area contributed by atoms with E-state index < -0.39 is 0 Å². The van der Waals surface area contributed by atoms with Gasteiger partial charge in [-0.2, -0.15) is 0 Å². The van der Waals surface area contributed by atoms with Crippen LogP contribution in [0.5, 0.6) is 0 Å². The lowest BCUT2D eigenvalue weighted by Crippen LogP contribution is -2.52. The molecule has 2 atom stereocenters. The van der Waals surface area contributed by atoms with Gasteiger partial charge < -0.3 is 15.8 Å². The summed E-state index contributed by atoms with van der Waals surface area (Å²) in [6.45, 7) is 3.70. The van der Waals surface area contributed by atoms with Gasteiger partial charge in [0.05, 0.1) is 6.61 Å². The predicted molar refractivity (Wildman–Crippen MR) is 38.7 cm³/mol. The summed E-state index contributed by atoms with van der Waals surface area (Å²) < 4.78 is 5.33. The average Bonchev–Trinajstić information content (AvgIpc) is 2.29. The highest BCUT2D eigenvalue weighted by Crippen LogP contribution is 2.26. The topological polar surface area (TPSA) is 47.3 Å². The zero-order valence-electron chi connectivity index (χ0n) is 6.10. The van der Waals surface area contributed by atoms with Crippen molar-refractivity contribution in [2.75, 3.05) is 26.3 Å². The molecule has 3 heteroatoms. The highest BCUT2D eigenvalue weighted by molar-refractivity contribution is 5.01. The number of nitrogens with two attached hydrogens (primary N) is 1. The summed E-state index contributed by atoms with van der Waals surface area (Å²) in [6.07, 6.45) is 1.02. The minimum absolute atomic E-state index is 0.0538. The fourth-order valence-corrected chi connectivity index (χ4v) is 1.83. The molecule has 3 N–H and O–H groups in total. The number of fused-ring (bicyclic) bond motifs is 1. The van der Waals surface area contributed by atoms with Crippen LogP contribution < -0.4 is 11.1 Å². The van der Waals surface area contributed by atoms with E-state index >= 15 is 0 Å². The van der Waals surface area contributed by atoms with Gasteiger partial charge in [-0.3, -0.25) is 0 Å². The monoisotopic (exact) mass is 142 g/mol. The van der Waals surface area contributed by atoms with Gasteiger partial charge in [0.25, 0.3) is 0 Å². The van der Waals surface area contributed by atoms with E-state index in [1.54, 1.807) is 0 Å². The maximum absolute atomic E-state index is 6.12. The third-order valence-corrected chi connectivity index (χ3v) is 2.69. The molecule has 10 heavy (non-hydrogen) atoms. The highest BCUT2D eigenvalue weighted by Gasteiger charge is 2.41. The van der Waals surface area contributed by atoms with Crippen LogP contribution in [0.4, 0.5) is 0 Å². The Morgan fingerprint density at radius 3 is 3.30 bits per heavy atom. The van der Waals surface area contributed by atoms with Crippen LogP contribution in [0.25, 0.3) is 0 Å². The average molecular weight is 142 g/mol. The molecule has 2 saturated heterocycles. The molecular weight excluding hydrogens is 128 g/mol. The van der Waals surface area contributed by atoms with Gasteiger partial charge in [-0.05, 0) is 6.42 Å². The molecule has 0 unspecified atom stereocenters. The summed E-state index contributed by atoms with van der Waals surface area (Å²) in [5, 5.41) is 3.30. The van der Waals surface area contributed by atoms with E-state index in [2.05, 4.69) is 5.32 Å². The van der Waals surface area contributed by atoms with E-state index in [9.17, 15) is 0 Å². The van der Waals surface area contributed by atoms with Crippen LogP contribution in [0.3, 0.4) is 0 Å². The zero-order valence-corrected chi connectivity index (χ0v) is 6.10. The van der Waals surface area contributed by atoms with Crippen molar-refractivity contribution in [3.8, 4) is 0 Å². The van der Waals surface area contributed by atoms with Crippen molar-refractivity contribution in [1.29, 1.82) is 0 Å².